The molecule has 1 aliphatic heterocycles. The van der Waals surface area contributed by atoms with Crippen LogP contribution in [-0.4, -0.2) is 39.6 Å². The largest absolute Gasteiger partial charge is 0.478 e. The van der Waals surface area contributed by atoms with Crippen LogP contribution in [0.5, 0.6) is 0 Å². The van der Waals surface area contributed by atoms with Crippen LogP contribution in [0, 0.1) is 6.92 Å². The van der Waals surface area contributed by atoms with Crippen molar-refractivity contribution in [3.63, 3.8) is 0 Å². The number of hydrogen-bond donors (Lipinski definition) is 2. The smallest absolute Gasteiger partial charge is 0.335 e. The molecule has 0 aromatic heterocycles. The first-order valence-corrected chi connectivity index (χ1v) is 9.11. The van der Waals surface area contributed by atoms with Gasteiger partial charge in [-0.15, -0.1) is 0 Å². The summed E-state index contributed by atoms with van der Waals surface area (Å²) in [6.45, 7) is 1.45. The SMILES string of the molecule is Cc1ccccc1/C=C1\SC(=O)N(CC(=O)Nc2cccc(C(=O)O)c2)C1=O. The monoisotopic (exact) mass is 396 g/mol. The molecule has 1 heterocycles. The summed E-state index contributed by atoms with van der Waals surface area (Å²) in [6, 6.07) is 13.2. The number of aromatic carboxylic acids is 1. The summed E-state index contributed by atoms with van der Waals surface area (Å²) >= 11 is 0.781. The van der Waals surface area contributed by atoms with Crippen LogP contribution in [0.2, 0.25) is 0 Å². The molecule has 0 radical (unpaired) electrons. The van der Waals surface area contributed by atoms with Crippen LogP contribution in [0.25, 0.3) is 6.08 Å². The number of benzene rings is 2. The average Bonchev–Trinajstić information content (AvgIpc) is 2.91. The summed E-state index contributed by atoms with van der Waals surface area (Å²) in [5.41, 5.74) is 2.07. The fourth-order valence-corrected chi connectivity index (χ4v) is 3.43. The van der Waals surface area contributed by atoms with Gasteiger partial charge in [0.05, 0.1) is 10.5 Å². The van der Waals surface area contributed by atoms with Gasteiger partial charge in [0.15, 0.2) is 0 Å². The number of imide groups is 1. The van der Waals surface area contributed by atoms with Gasteiger partial charge >= 0.3 is 5.97 Å². The average molecular weight is 396 g/mol. The Kier molecular flexibility index (Phi) is 5.60. The van der Waals surface area contributed by atoms with E-state index in [0.29, 0.717) is 0 Å². The number of hydrogen-bond acceptors (Lipinski definition) is 5. The number of thioether (sulfide) groups is 1. The third kappa shape index (κ3) is 4.29. The molecule has 3 amide bonds. The fourth-order valence-electron chi connectivity index (χ4n) is 2.60. The molecule has 0 atom stereocenters. The lowest BCUT2D eigenvalue weighted by Crippen LogP contribution is -2.36. The van der Waals surface area contributed by atoms with Gasteiger partial charge < -0.3 is 10.4 Å². The summed E-state index contributed by atoms with van der Waals surface area (Å²) in [5.74, 6) is -2.25. The van der Waals surface area contributed by atoms with Crippen molar-refractivity contribution in [2.75, 3.05) is 11.9 Å². The molecular formula is C20H16N2O5S. The van der Waals surface area contributed by atoms with Gasteiger partial charge in [-0.2, -0.15) is 0 Å². The maximum Gasteiger partial charge on any atom is 0.335 e. The van der Waals surface area contributed by atoms with Crippen molar-refractivity contribution in [1.82, 2.24) is 4.90 Å². The van der Waals surface area contributed by atoms with E-state index in [-0.39, 0.29) is 16.2 Å². The van der Waals surface area contributed by atoms with E-state index in [1.807, 2.05) is 31.2 Å². The summed E-state index contributed by atoms with van der Waals surface area (Å²) in [6.07, 6.45) is 1.63. The molecule has 0 spiro atoms. The standard InChI is InChI=1S/C20H16N2O5S/c1-12-5-2-3-6-13(12)10-16-18(24)22(20(27)28-16)11-17(23)21-15-8-4-7-14(9-15)19(25)26/h2-10H,11H2,1H3,(H,21,23)(H,25,26)/b16-10-. The zero-order chi connectivity index (χ0) is 20.3. The second kappa shape index (κ2) is 8.10. The third-order valence-electron chi connectivity index (χ3n) is 4.04. The maximum atomic E-state index is 12.5. The summed E-state index contributed by atoms with van der Waals surface area (Å²) in [4.78, 5) is 49.0. The van der Waals surface area contributed by atoms with Gasteiger partial charge in [0.1, 0.15) is 6.54 Å². The first-order valence-electron chi connectivity index (χ1n) is 8.29. The number of anilines is 1. The molecule has 142 valence electrons. The molecule has 2 aromatic carbocycles. The number of aryl methyl sites for hydroxylation is 1. The lowest BCUT2D eigenvalue weighted by Gasteiger charge is -2.12. The Bertz CT molecular complexity index is 1020. The van der Waals surface area contributed by atoms with E-state index in [1.54, 1.807) is 6.08 Å². The fraction of sp³-hybridized carbons (Fsp3) is 0.100. The van der Waals surface area contributed by atoms with Gasteiger partial charge in [0, 0.05) is 5.69 Å². The molecule has 8 heteroatoms. The highest BCUT2D eigenvalue weighted by atomic mass is 32.2. The number of amides is 3. The predicted octanol–water partition coefficient (Wildman–Crippen LogP) is 3.37. The molecule has 1 saturated heterocycles. The van der Waals surface area contributed by atoms with Gasteiger partial charge in [-0.1, -0.05) is 30.3 Å². The molecule has 1 fully saturated rings. The van der Waals surface area contributed by atoms with Crippen molar-refractivity contribution in [3.8, 4) is 0 Å². The van der Waals surface area contributed by atoms with E-state index >= 15 is 0 Å². The highest BCUT2D eigenvalue weighted by molar-refractivity contribution is 8.18. The predicted molar refractivity (Wildman–Crippen MR) is 106 cm³/mol. The Morgan fingerprint density at radius 3 is 2.61 bits per heavy atom. The number of carbonyl (C=O) groups is 4. The number of carboxylic acids is 1. The topological polar surface area (TPSA) is 104 Å². The van der Waals surface area contributed by atoms with Crippen molar-refractivity contribution in [1.29, 1.82) is 0 Å². The van der Waals surface area contributed by atoms with Gasteiger partial charge in [-0.05, 0) is 54.1 Å². The van der Waals surface area contributed by atoms with E-state index in [0.717, 1.165) is 27.8 Å². The van der Waals surface area contributed by atoms with E-state index < -0.39 is 29.6 Å². The minimum Gasteiger partial charge on any atom is -0.478 e. The second-order valence-electron chi connectivity index (χ2n) is 6.06. The van der Waals surface area contributed by atoms with Crippen LogP contribution < -0.4 is 5.32 Å². The summed E-state index contributed by atoms with van der Waals surface area (Å²) in [7, 11) is 0. The molecule has 7 nitrogen and oxygen atoms in total. The Balaban J connectivity index is 1.71. The van der Waals surface area contributed by atoms with Crippen molar-refractivity contribution in [2.24, 2.45) is 0 Å². The molecular weight excluding hydrogens is 380 g/mol. The van der Waals surface area contributed by atoms with Crippen molar-refractivity contribution in [3.05, 3.63) is 70.1 Å². The van der Waals surface area contributed by atoms with Gasteiger partial charge in [-0.25, -0.2) is 4.79 Å². The van der Waals surface area contributed by atoms with Gasteiger partial charge in [0.2, 0.25) is 5.91 Å². The Morgan fingerprint density at radius 2 is 1.89 bits per heavy atom. The molecule has 2 N–H and O–H groups in total. The van der Waals surface area contributed by atoms with Crippen LogP contribution in [0.15, 0.2) is 53.4 Å². The van der Waals surface area contributed by atoms with Crippen LogP contribution in [0.4, 0.5) is 10.5 Å². The van der Waals surface area contributed by atoms with E-state index in [4.69, 9.17) is 5.11 Å². The Labute approximate surface area is 165 Å². The molecule has 0 aliphatic carbocycles. The first kappa shape index (κ1) is 19.4. The quantitative estimate of drug-likeness (QED) is 0.751. The number of carbonyl (C=O) groups excluding carboxylic acids is 3. The van der Waals surface area contributed by atoms with Crippen molar-refractivity contribution >= 4 is 46.5 Å². The zero-order valence-electron chi connectivity index (χ0n) is 14.8. The summed E-state index contributed by atoms with van der Waals surface area (Å²) in [5, 5.41) is 11.0. The Hall–Kier alpha value is -3.39. The van der Waals surface area contributed by atoms with E-state index in [9.17, 15) is 19.2 Å². The molecule has 2 aromatic rings. The number of nitrogens with zero attached hydrogens (tertiary/aromatic N) is 1. The second-order valence-corrected chi connectivity index (χ2v) is 7.05. The first-order chi connectivity index (χ1) is 13.3. The third-order valence-corrected chi connectivity index (χ3v) is 4.95. The maximum absolute atomic E-state index is 12.5. The Morgan fingerprint density at radius 1 is 1.14 bits per heavy atom. The van der Waals surface area contributed by atoms with E-state index in [2.05, 4.69) is 5.32 Å². The molecule has 0 saturated carbocycles. The molecule has 0 unspecified atom stereocenters. The van der Waals surface area contributed by atoms with Gasteiger partial charge in [-0.3, -0.25) is 19.3 Å². The number of carboxylic acid groups (broad SMARTS) is 1. The highest BCUT2D eigenvalue weighted by Gasteiger charge is 2.36. The zero-order valence-corrected chi connectivity index (χ0v) is 15.7. The van der Waals surface area contributed by atoms with Crippen LogP contribution in [0.1, 0.15) is 21.5 Å². The molecule has 1 aliphatic rings. The minimum atomic E-state index is -1.12. The van der Waals surface area contributed by atoms with Crippen molar-refractivity contribution < 1.29 is 24.3 Å². The normalized spacial score (nSPS) is 15.2. The molecule has 0 bridgehead atoms. The van der Waals surface area contributed by atoms with Crippen LogP contribution in [-0.2, 0) is 9.59 Å². The van der Waals surface area contributed by atoms with Crippen LogP contribution >= 0.6 is 11.8 Å². The van der Waals surface area contributed by atoms with Gasteiger partial charge in [0.25, 0.3) is 11.1 Å². The lowest BCUT2D eigenvalue weighted by molar-refractivity contribution is -0.127. The molecule has 28 heavy (non-hydrogen) atoms. The molecule has 3 rings (SSSR count). The summed E-state index contributed by atoms with van der Waals surface area (Å²) < 4.78 is 0. The van der Waals surface area contributed by atoms with E-state index in [1.165, 1.54) is 24.3 Å². The van der Waals surface area contributed by atoms with Crippen molar-refractivity contribution in [2.45, 2.75) is 6.92 Å². The lowest BCUT2D eigenvalue weighted by atomic mass is 10.1. The highest BCUT2D eigenvalue weighted by Crippen LogP contribution is 2.32. The minimum absolute atomic E-state index is 0.0186. The number of nitrogens with one attached hydrogen (secondary N) is 1. The van der Waals surface area contributed by atoms with Crippen LogP contribution in [0.3, 0.4) is 0 Å². The number of rotatable bonds is 5.